The molecule has 1 aromatic heterocycles. The normalized spacial score (nSPS) is 16.9. The third kappa shape index (κ3) is 2.01. The summed E-state index contributed by atoms with van der Waals surface area (Å²) >= 11 is 1.73. The molecule has 0 aliphatic carbocycles. The van der Waals surface area contributed by atoms with Gasteiger partial charge in [0.15, 0.2) is 5.16 Å². The molecule has 1 saturated heterocycles. The van der Waals surface area contributed by atoms with Crippen LogP contribution in [0, 0.1) is 5.92 Å². The van der Waals surface area contributed by atoms with Gasteiger partial charge in [-0.2, -0.15) is 0 Å². The molecule has 0 spiro atoms. The summed E-state index contributed by atoms with van der Waals surface area (Å²) in [6.07, 6.45) is 1.24. The number of anilines is 1. The van der Waals surface area contributed by atoms with Crippen LogP contribution in [0.2, 0.25) is 0 Å². The first-order chi connectivity index (χ1) is 6.77. The molecule has 1 fully saturated rings. The van der Waals surface area contributed by atoms with Crippen LogP contribution in [0.5, 0.6) is 0 Å². The van der Waals surface area contributed by atoms with E-state index in [1.807, 2.05) is 11.6 Å². The second-order valence-corrected chi connectivity index (χ2v) is 4.62. The van der Waals surface area contributed by atoms with E-state index in [0.29, 0.717) is 5.95 Å². The Morgan fingerprint density at radius 3 is 2.86 bits per heavy atom. The average molecular weight is 213 g/mol. The molecule has 6 heteroatoms. The van der Waals surface area contributed by atoms with Crippen LogP contribution in [0.1, 0.15) is 6.42 Å². The zero-order valence-electron chi connectivity index (χ0n) is 8.23. The molecule has 2 heterocycles. The molecule has 0 radical (unpaired) electrons. The zero-order chi connectivity index (χ0) is 9.97. The Morgan fingerprint density at radius 1 is 1.57 bits per heavy atom. The molecule has 0 atom stereocenters. The van der Waals surface area contributed by atoms with Crippen molar-refractivity contribution in [1.82, 2.24) is 20.1 Å². The lowest BCUT2D eigenvalue weighted by Gasteiger charge is -2.26. The van der Waals surface area contributed by atoms with Gasteiger partial charge in [0.1, 0.15) is 0 Å². The zero-order valence-corrected chi connectivity index (χ0v) is 9.05. The summed E-state index contributed by atoms with van der Waals surface area (Å²) in [6.45, 7) is 2.34. The predicted octanol–water partition coefficient (Wildman–Crippen LogP) is 0.0989. The summed E-state index contributed by atoms with van der Waals surface area (Å²) in [5.74, 6) is 2.43. The van der Waals surface area contributed by atoms with Gasteiger partial charge in [-0.25, -0.2) is 0 Å². The molecule has 5 nitrogen and oxygen atoms in total. The summed E-state index contributed by atoms with van der Waals surface area (Å²) in [4.78, 5) is 0. The van der Waals surface area contributed by atoms with Crippen LogP contribution in [0.3, 0.4) is 0 Å². The molecule has 14 heavy (non-hydrogen) atoms. The molecular weight excluding hydrogens is 198 g/mol. The quantitative estimate of drug-likeness (QED) is 0.694. The Hall–Kier alpha value is -0.750. The third-order valence-corrected chi connectivity index (χ3v) is 3.55. The lowest BCUT2D eigenvalue weighted by molar-refractivity contribution is 0.341. The molecule has 1 aromatic rings. The third-order valence-electron chi connectivity index (χ3n) is 2.49. The molecule has 0 unspecified atom stereocenters. The molecule has 1 aliphatic rings. The largest absolute Gasteiger partial charge is 0.368 e. The maximum absolute atomic E-state index is 5.58. The minimum Gasteiger partial charge on any atom is -0.368 e. The van der Waals surface area contributed by atoms with Crippen molar-refractivity contribution in [2.75, 3.05) is 24.6 Å². The molecule has 1 aliphatic heterocycles. The number of rotatable bonds is 4. The second-order valence-electron chi connectivity index (χ2n) is 3.56. The summed E-state index contributed by atoms with van der Waals surface area (Å²) in [5, 5.41) is 12.0. The first-order valence-corrected chi connectivity index (χ1v) is 5.74. The maximum atomic E-state index is 5.58. The van der Waals surface area contributed by atoms with Crippen molar-refractivity contribution in [3.05, 3.63) is 0 Å². The number of hydrogen-bond donors (Lipinski definition) is 2. The fraction of sp³-hybridized carbons (Fsp3) is 0.750. The highest BCUT2D eigenvalue weighted by molar-refractivity contribution is 7.99. The van der Waals surface area contributed by atoms with Gasteiger partial charge >= 0.3 is 0 Å². The van der Waals surface area contributed by atoms with Crippen LogP contribution in [0.4, 0.5) is 5.95 Å². The monoisotopic (exact) mass is 213 g/mol. The molecule has 0 aromatic carbocycles. The van der Waals surface area contributed by atoms with Gasteiger partial charge in [-0.05, 0) is 25.4 Å². The minimum atomic E-state index is 0.484. The number of nitrogens with two attached hydrogens (primary N) is 1. The number of aromatic nitrogens is 3. The van der Waals surface area contributed by atoms with E-state index in [0.717, 1.165) is 16.8 Å². The summed E-state index contributed by atoms with van der Waals surface area (Å²) in [7, 11) is 1.89. The Bertz CT molecular complexity index is 307. The lowest BCUT2D eigenvalue weighted by Crippen LogP contribution is -2.42. The highest BCUT2D eigenvalue weighted by atomic mass is 32.2. The van der Waals surface area contributed by atoms with Crippen LogP contribution in [-0.4, -0.2) is 33.6 Å². The van der Waals surface area contributed by atoms with Crippen molar-refractivity contribution in [3.63, 3.8) is 0 Å². The molecule has 0 amide bonds. The van der Waals surface area contributed by atoms with Crippen LogP contribution in [-0.2, 0) is 7.05 Å². The van der Waals surface area contributed by atoms with Crippen molar-refractivity contribution in [2.24, 2.45) is 13.0 Å². The van der Waals surface area contributed by atoms with Gasteiger partial charge in [-0.1, -0.05) is 11.8 Å². The van der Waals surface area contributed by atoms with Gasteiger partial charge in [0, 0.05) is 12.8 Å². The van der Waals surface area contributed by atoms with Gasteiger partial charge in [0.25, 0.3) is 0 Å². The average Bonchev–Trinajstić information content (AvgIpc) is 2.40. The maximum Gasteiger partial charge on any atom is 0.222 e. The standard InChI is InChI=1S/C8H15N5S/c1-13-7(9)11-12-8(13)14-3-2-6-4-10-5-6/h6,10H,2-5H2,1H3,(H2,9,11). The van der Waals surface area contributed by atoms with Crippen molar-refractivity contribution in [3.8, 4) is 0 Å². The van der Waals surface area contributed by atoms with E-state index in [9.17, 15) is 0 Å². The Morgan fingerprint density at radius 2 is 2.36 bits per heavy atom. The molecule has 0 saturated carbocycles. The molecular formula is C8H15N5S. The number of hydrogen-bond acceptors (Lipinski definition) is 5. The molecule has 0 bridgehead atoms. The van der Waals surface area contributed by atoms with E-state index in [4.69, 9.17) is 5.73 Å². The van der Waals surface area contributed by atoms with E-state index in [1.54, 1.807) is 11.8 Å². The van der Waals surface area contributed by atoms with E-state index in [-0.39, 0.29) is 0 Å². The van der Waals surface area contributed by atoms with Crippen LogP contribution in [0.15, 0.2) is 5.16 Å². The number of nitrogens with one attached hydrogen (secondary N) is 1. The van der Waals surface area contributed by atoms with Gasteiger partial charge in [-0.3, -0.25) is 4.57 Å². The van der Waals surface area contributed by atoms with E-state index in [1.165, 1.54) is 19.5 Å². The van der Waals surface area contributed by atoms with E-state index >= 15 is 0 Å². The van der Waals surface area contributed by atoms with E-state index in [2.05, 4.69) is 15.5 Å². The Labute approximate surface area is 87.5 Å². The number of nitrogens with zero attached hydrogens (tertiary/aromatic N) is 3. The summed E-state index contributed by atoms with van der Waals surface area (Å²) in [6, 6.07) is 0. The van der Waals surface area contributed by atoms with Crippen LogP contribution in [0.25, 0.3) is 0 Å². The first kappa shape index (κ1) is 9.79. The minimum absolute atomic E-state index is 0.484. The highest BCUT2D eigenvalue weighted by Crippen LogP contribution is 2.20. The Kier molecular flexibility index (Phi) is 2.93. The molecule has 2 rings (SSSR count). The smallest absolute Gasteiger partial charge is 0.222 e. The fourth-order valence-electron chi connectivity index (χ4n) is 1.32. The van der Waals surface area contributed by atoms with Crippen molar-refractivity contribution >= 4 is 17.7 Å². The van der Waals surface area contributed by atoms with Crippen molar-refractivity contribution in [2.45, 2.75) is 11.6 Å². The van der Waals surface area contributed by atoms with Gasteiger partial charge in [0.2, 0.25) is 5.95 Å². The number of thioether (sulfide) groups is 1. The van der Waals surface area contributed by atoms with E-state index < -0.39 is 0 Å². The van der Waals surface area contributed by atoms with Crippen molar-refractivity contribution < 1.29 is 0 Å². The second kappa shape index (κ2) is 4.18. The number of nitrogen functional groups attached to an aromatic ring is 1. The predicted molar refractivity (Wildman–Crippen MR) is 57.1 cm³/mol. The molecule has 3 N–H and O–H groups in total. The highest BCUT2D eigenvalue weighted by Gasteiger charge is 2.16. The van der Waals surface area contributed by atoms with Gasteiger partial charge in [-0.15, -0.1) is 10.2 Å². The fourth-order valence-corrected chi connectivity index (χ4v) is 2.34. The molecule has 78 valence electrons. The summed E-state index contributed by atoms with van der Waals surface area (Å²) in [5.41, 5.74) is 5.58. The first-order valence-electron chi connectivity index (χ1n) is 4.75. The topological polar surface area (TPSA) is 68.8 Å². The van der Waals surface area contributed by atoms with Crippen LogP contribution >= 0.6 is 11.8 Å². The van der Waals surface area contributed by atoms with Gasteiger partial charge < -0.3 is 11.1 Å². The van der Waals surface area contributed by atoms with Crippen LogP contribution < -0.4 is 11.1 Å². The summed E-state index contributed by atoms with van der Waals surface area (Å²) < 4.78 is 1.82. The lowest BCUT2D eigenvalue weighted by atomic mass is 10.0. The Balaban J connectivity index is 1.76. The van der Waals surface area contributed by atoms with Gasteiger partial charge in [0.05, 0.1) is 0 Å². The SMILES string of the molecule is Cn1c(N)nnc1SCCC1CNC1. The van der Waals surface area contributed by atoms with Crippen molar-refractivity contribution in [1.29, 1.82) is 0 Å².